The Balaban J connectivity index is 1.63. The number of amides is 1. The van der Waals surface area contributed by atoms with E-state index < -0.39 is 0 Å². The number of nitrogens with zero attached hydrogens (tertiary/aromatic N) is 1. The van der Waals surface area contributed by atoms with Gasteiger partial charge in [0, 0.05) is 24.3 Å². The summed E-state index contributed by atoms with van der Waals surface area (Å²) in [4.78, 5) is 15.2. The van der Waals surface area contributed by atoms with Gasteiger partial charge < -0.3 is 19.7 Å². The number of benzene rings is 2. The van der Waals surface area contributed by atoms with Gasteiger partial charge in [-0.2, -0.15) is 0 Å². The molecule has 0 atom stereocenters. The van der Waals surface area contributed by atoms with Gasteiger partial charge in [0.15, 0.2) is 18.1 Å². The molecule has 27 heavy (non-hydrogen) atoms. The van der Waals surface area contributed by atoms with Crippen molar-refractivity contribution in [1.82, 2.24) is 4.90 Å². The third-order valence-corrected chi connectivity index (χ3v) is 5.08. The minimum Gasteiger partial charge on any atom is -0.493 e. The number of aryl methyl sites for hydroxylation is 1. The second-order valence-corrected chi connectivity index (χ2v) is 6.90. The third-order valence-electron chi connectivity index (χ3n) is 4.58. The zero-order valence-electron chi connectivity index (χ0n) is 15.7. The van der Waals surface area contributed by atoms with E-state index >= 15 is 0 Å². The van der Waals surface area contributed by atoms with E-state index in [1.807, 2.05) is 43.3 Å². The molecule has 0 bridgehead atoms. The zero-order chi connectivity index (χ0) is 19.2. The molecule has 5 nitrogen and oxygen atoms in total. The Bertz CT molecular complexity index is 832. The van der Waals surface area contributed by atoms with Crippen LogP contribution in [0.2, 0.25) is 0 Å². The van der Waals surface area contributed by atoms with E-state index in [1.54, 1.807) is 13.2 Å². The molecule has 0 radical (unpaired) electrons. The van der Waals surface area contributed by atoms with Crippen LogP contribution >= 0.6 is 12.2 Å². The highest BCUT2D eigenvalue weighted by atomic mass is 32.1. The standard InChI is InChI=1S/C21H24N2O3S/c1-15-7-3-4-8-17(15)22-20(24)14-26-18-10-9-16(13-19(18)25-2)21(27)23-11-5-6-12-23/h3-4,7-10,13H,5-6,11-12,14H2,1-2H3,(H,22,24). The quantitative estimate of drug-likeness (QED) is 0.768. The van der Waals surface area contributed by atoms with Crippen LogP contribution < -0.4 is 14.8 Å². The van der Waals surface area contributed by atoms with Crippen LogP contribution in [0.15, 0.2) is 42.5 Å². The van der Waals surface area contributed by atoms with Gasteiger partial charge in [0.05, 0.1) is 7.11 Å². The number of methoxy groups -OCH3 is 1. The van der Waals surface area contributed by atoms with Crippen LogP contribution in [0.4, 0.5) is 5.69 Å². The average molecular weight is 385 g/mol. The van der Waals surface area contributed by atoms with E-state index in [0.29, 0.717) is 11.5 Å². The SMILES string of the molecule is COc1cc(C(=S)N2CCCC2)ccc1OCC(=O)Nc1ccccc1C. The van der Waals surface area contributed by atoms with Gasteiger partial charge in [0.25, 0.3) is 5.91 Å². The largest absolute Gasteiger partial charge is 0.493 e. The number of anilines is 1. The maximum Gasteiger partial charge on any atom is 0.262 e. The van der Waals surface area contributed by atoms with Crippen molar-refractivity contribution in [1.29, 1.82) is 0 Å². The highest BCUT2D eigenvalue weighted by Gasteiger charge is 2.18. The van der Waals surface area contributed by atoms with E-state index in [9.17, 15) is 4.79 Å². The lowest BCUT2D eigenvalue weighted by atomic mass is 10.2. The number of para-hydroxylation sites is 1. The number of carbonyl (C=O) groups excluding carboxylic acids is 1. The molecule has 0 unspecified atom stereocenters. The molecule has 1 aliphatic rings. The first-order chi connectivity index (χ1) is 13.1. The van der Waals surface area contributed by atoms with Crippen molar-refractivity contribution < 1.29 is 14.3 Å². The molecule has 1 amide bonds. The number of carbonyl (C=O) groups is 1. The summed E-state index contributed by atoms with van der Waals surface area (Å²) in [5.41, 5.74) is 2.72. The summed E-state index contributed by atoms with van der Waals surface area (Å²) >= 11 is 5.59. The van der Waals surface area contributed by atoms with E-state index in [0.717, 1.165) is 34.9 Å². The number of ether oxygens (including phenoxy) is 2. The van der Waals surface area contributed by atoms with Crippen LogP contribution in [-0.2, 0) is 4.79 Å². The lowest BCUT2D eigenvalue weighted by Gasteiger charge is -2.19. The molecule has 0 aromatic heterocycles. The summed E-state index contributed by atoms with van der Waals surface area (Å²) in [6.45, 7) is 3.85. The molecule has 1 aliphatic heterocycles. The van der Waals surface area contributed by atoms with Crippen LogP contribution in [0.5, 0.6) is 11.5 Å². The van der Waals surface area contributed by atoms with Crippen molar-refractivity contribution in [2.75, 3.05) is 32.1 Å². The molecule has 1 heterocycles. The summed E-state index contributed by atoms with van der Waals surface area (Å²) in [5, 5.41) is 2.85. The molecule has 142 valence electrons. The summed E-state index contributed by atoms with van der Waals surface area (Å²) in [6.07, 6.45) is 2.35. The molecule has 0 aliphatic carbocycles. The summed E-state index contributed by atoms with van der Waals surface area (Å²) in [7, 11) is 1.58. The summed E-state index contributed by atoms with van der Waals surface area (Å²) < 4.78 is 11.1. The van der Waals surface area contributed by atoms with Crippen LogP contribution in [0.25, 0.3) is 0 Å². The highest BCUT2D eigenvalue weighted by molar-refractivity contribution is 7.80. The fraction of sp³-hybridized carbons (Fsp3) is 0.333. The van der Waals surface area contributed by atoms with Gasteiger partial charge in [-0.25, -0.2) is 0 Å². The molecule has 2 aromatic rings. The summed E-state index contributed by atoms with van der Waals surface area (Å²) in [6, 6.07) is 13.2. The minimum absolute atomic E-state index is 0.0966. The topological polar surface area (TPSA) is 50.8 Å². The van der Waals surface area contributed by atoms with Crippen LogP contribution in [0.1, 0.15) is 24.0 Å². The van der Waals surface area contributed by atoms with Crippen LogP contribution in [0, 0.1) is 6.92 Å². The van der Waals surface area contributed by atoms with Crippen molar-refractivity contribution in [2.24, 2.45) is 0 Å². The van der Waals surface area contributed by atoms with Crippen molar-refractivity contribution in [3.8, 4) is 11.5 Å². The molecule has 1 N–H and O–H groups in total. The van der Waals surface area contributed by atoms with Gasteiger partial charge in [-0.15, -0.1) is 0 Å². The van der Waals surface area contributed by atoms with Gasteiger partial charge >= 0.3 is 0 Å². The Morgan fingerprint density at radius 2 is 1.89 bits per heavy atom. The average Bonchev–Trinajstić information content (AvgIpc) is 3.22. The number of likely N-dealkylation sites (tertiary alicyclic amines) is 1. The Morgan fingerprint density at radius 1 is 1.15 bits per heavy atom. The van der Waals surface area contributed by atoms with Gasteiger partial charge in [-0.3, -0.25) is 4.79 Å². The fourth-order valence-electron chi connectivity index (χ4n) is 3.07. The van der Waals surface area contributed by atoms with Crippen LogP contribution in [-0.4, -0.2) is 42.6 Å². The fourth-order valence-corrected chi connectivity index (χ4v) is 3.37. The molecule has 1 saturated heterocycles. The van der Waals surface area contributed by atoms with Crippen molar-refractivity contribution >= 4 is 28.8 Å². The minimum atomic E-state index is -0.219. The second kappa shape index (κ2) is 8.86. The monoisotopic (exact) mass is 384 g/mol. The lowest BCUT2D eigenvalue weighted by molar-refractivity contribution is -0.118. The maximum atomic E-state index is 12.2. The van der Waals surface area contributed by atoms with Crippen molar-refractivity contribution in [3.05, 3.63) is 53.6 Å². The molecular weight excluding hydrogens is 360 g/mol. The molecule has 2 aromatic carbocycles. The smallest absolute Gasteiger partial charge is 0.262 e. The number of hydrogen-bond acceptors (Lipinski definition) is 4. The third kappa shape index (κ3) is 4.77. The first-order valence-electron chi connectivity index (χ1n) is 9.04. The first kappa shape index (κ1) is 19.2. The van der Waals surface area contributed by atoms with Gasteiger partial charge in [0.2, 0.25) is 0 Å². The van der Waals surface area contributed by atoms with Gasteiger partial charge in [-0.05, 0) is 49.6 Å². The molecule has 0 saturated carbocycles. The van der Waals surface area contributed by atoms with Crippen molar-refractivity contribution in [3.63, 3.8) is 0 Å². The molecule has 0 spiro atoms. The second-order valence-electron chi connectivity index (χ2n) is 6.52. The molecule has 6 heteroatoms. The van der Waals surface area contributed by atoms with E-state index in [-0.39, 0.29) is 12.5 Å². The highest BCUT2D eigenvalue weighted by Crippen LogP contribution is 2.29. The predicted molar refractivity (Wildman–Crippen MR) is 111 cm³/mol. The molecular formula is C21H24N2O3S. The lowest BCUT2D eigenvalue weighted by Crippen LogP contribution is -2.26. The normalized spacial score (nSPS) is 13.3. The first-order valence-corrected chi connectivity index (χ1v) is 9.45. The maximum absolute atomic E-state index is 12.2. The van der Waals surface area contributed by atoms with E-state index in [4.69, 9.17) is 21.7 Å². The van der Waals surface area contributed by atoms with E-state index in [1.165, 1.54) is 12.8 Å². The van der Waals surface area contributed by atoms with Gasteiger partial charge in [0.1, 0.15) is 4.99 Å². The molecule has 1 fully saturated rings. The zero-order valence-corrected chi connectivity index (χ0v) is 16.5. The Labute approximate surface area is 165 Å². The Hall–Kier alpha value is -2.60. The number of hydrogen-bond donors (Lipinski definition) is 1. The van der Waals surface area contributed by atoms with E-state index in [2.05, 4.69) is 10.2 Å². The number of nitrogens with one attached hydrogen (secondary N) is 1. The van der Waals surface area contributed by atoms with Crippen molar-refractivity contribution in [2.45, 2.75) is 19.8 Å². The molecule has 3 rings (SSSR count). The summed E-state index contributed by atoms with van der Waals surface area (Å²) in [5.74, 6) is 0.867. The Morgan fingerprint density at radius 3 is 2.59 bits per heavy atom. The Kier molecular flexibility index (Phi) is 6.29. The number of rotatable bonds is 6. The van der Waals surface area contributed by atoms with Crippen LogP contribution in [0.3, 0.4) is 0 Å². The number of thiocarbonyl (C=S) groups is 1. The predicted octanol–water partition coefficient (Wildman–Crippen LogP) is 3.79. The van der Waals surface area contributed by atoms with Gasteiger partial charge in [-0.1, -0.05) is 30.4 Å².